The summed E-state index contributed by atoms with van der Waals surface area (Å²) in [5.74, 6) is 1.66. The zero-order chi connectivity index (χ0) is 20.6. The lowest BCUT2D eigenvalue weighted by molar-refractivity contribution is 0.182. The number of likely N-dealkylation sites (tertiary alicyclic amines) is 1. The van der Waals surface area contributed by atoms with Gasteiger partial charge in [0.15, 0.2) is 0 Å². The Morgan fingerprint density at radius 1 is 1.00 bits per heavy atom. The minimum absolute atomic E-state index is 0.363. The Morgan fingerprint density at radius 3 is 2.63 bits per heavy atom. The number of nitrogens with one attached hydrogen (secondary N) is 1. The van der Waals surface area contributed by atoms with E-state index in [1.807, 2.05) is 18.2 Å². The largest absolute Gasteiger partial charge is 0.497 e. The lowest BCUT2D eigenvalue weighted by atomic mass is 10.0. The van der Waals surface area contributed by atoms with Crippen LogP contribution in [0.4, 0.5) is 0 Å². The highest BCUT2D eigenvalue weighted by atomic mass is 16.5. The van der Waals surface area contributed by atoms with Gasteiger partial charge in [-0.3, -0.25) is 4.90 Å². The van der Waals surface area contributed by atoms with Crippen LogP contribution in [0.2, 0.25) is 0 Å². The summed E-state index contributed by atoms with van der Waals surface area (Å²) in [4.78, 5) is 10.7. The second kappa shape index (κ2) is 10.2. The van der Waals surface area contributed by atoms with Gasteiger partial charge in [0.05, 0.1) is 7.11 Å². The molecule has 2 aromatic carbocycles. The molecule has 1 aliphatic rings. The van der Waals surface area contributed by atoms with E-state index in [1.54, 1.807) is 25.6 Å². The molecular weight excluding hydrogens is 376 g/mol. The molecule has 0 bridgehead atoms. The molecule has 0 radical (unpaired) electrons. The second-order valence-electron chi connectivity index (χ2n) is 7.58. The highest BCUT2D eigenvalue weighted by molar-refractivity contribution is 5.29. The normalized spacial score (nSPS) is 16.9. The van der Waals surface area contributed by atoms with Gasteiger partial charge in [0.2, 0.25) is 0 Å². The van der Waals surface area contributed by atoms with E-state index in [1.165, 1.54) is 24.0 Å². The molecule has 0 spiro atoms. The van der Waals surface area contributed by atoms with Crippen molar-refractivity contribution in [2.75, 3.05) is 20.2 Å². The molecule has 1 atom stereocenters. The van der Waals surface area contributed by atoms with Gasteiger partial charge in [-0.25, -0.2) is 9.97 Å². The highest BCUT2D eigenvalue weighted by Crippen LogP contribution is 2.19. The van der Waals surface area contributed by atoms with E-state index < -0.39 is 0 Å². The average Bonchev–Trinajstić information content (AvgIpc) is 2.80. The molecule has 1 aliphatic heterocycles. The van der Waals surface area contributed by atoms with Crippen molar-refractivity contribution >= 4 is 0 Å². The molecule has 6 heteroatoms. The van der Waals surface area contributed by atoms with Crippen LogP contribution < -0.4 is 14.8 Å². The predicted molar refractivity (Wildman–Crippen MR) is 117 cm³/mol. The fourth-order valence-corrected chi connectivity index (χ4v) is 3.78. The number of nitrogens with zero attached hydrogens (tertiary/aromatic N) is 3. The van der Waals surface area contributed by atoms with Crippen LogP contribution in [0.15, 0.2) is 67.0 Å². The smallest absolute Gasteiger partial charge is 0.321 e. The molecule has 2 heterocycles. The maximum atomic E-state index is 5.66. The van der Waals surface area contributed by atoms with Gasteiger partial charge in [-0.05, 0) is 60.8 Å². The van der Waals surface area contributed by atoms with Gasteiger partial charge in [-0.1, -0.05) is 24.3 Å². The van der Waals surface area contributed by atoms with Gasteiger partial charge in [0, 0.05) is 38.1 Å². The van der Waals surface area contributed by atoms with Crippen LogP contribution in [0.5, 0.6) is 17.5 Å². The maximum absolute atomic E-state index is 5.66. The number of methoxy groups -OCH3 is 1. The Morgan fingerprint density at radius 2 is 1.83 bits per heavy atom. The SMILES string of the molecule is COc1cccc(CN2CCCC(NCc3ccc(Oc4ncccn4)cc3)C2)c1. The topological polar surface area (TPSA) is 59.5 Å². The van der Waals surface area contributed by atoms with Crippen LogP contribution in [0.25, 0.3) is 0 Å². The molecule has 156 valence electrons. The Hall–Kier alpha value is -2.96. The first-order valence-electron chi connectivity index (χ1n) is 10.4. The molecular formula is C24H28N4O2. The van der Waals surface area contributed by atoms with Gasteiger partial charge in [0.25, 0.3) is 0 Å². The van der Waals surface area contributed by atoms with E-state index >= 15 is 0 Å². The summed E-state index contributed by atoms with van der Waals surface area (Å²) in [5.41, 5.74) is 2.54. The van der Waals surface area contributed by atoms with Crippen molar-refractivity contribution in [3.63, 3.8) is 0 Å². The fraction of sp³-hybridized carbons (Fsp3) is 0.333. The number of rotatable bonds is 8. The van der Waals surface area contributed by atoms with Gasteiger partial charge in [0.1, 0.15) is 11.5 Å². The quantitative estimate of drug-likeness (QED) is 0.612. The summed E-state index contributed by atoms with van der Waals surface area (Å²) in [6, 6.07) is 19.1. The molecule has 0 aliphatic carbocycles. The molecule has 6 nitrogen and oxygen atoms in total. The summed E-state index contributed by atoms with van der Waals surface area (Å²) in [6.07, 6.45) is 5.76. The summed E-state index contributed by atoms with van der Waals surface area (Å²) >= 11 is 0. The number of piperidine rings is 1. The molecule has 1 aromatic heterocycles. The van der Waals surface area contributed by atoms with Gasteiger partial charge >= 0.3 is 6.01 Å². The Kier molecular flexibility index (Phi) is 6.90. The number of ether oxygens (including phenoxy) is 2. The van der Waals surface area contributed by atoms with Crippen LogP contribution in [-0.4, -0.2) is 41.1 Å². The molecule has 0 amide bonds. The first-order chi connectivity index (χ1) is 14.8. The summed E-state index contributed by atoms with van der Waals surface area (Å²) in [5, 5.41) is 3.71. The number of aromatic nitrogens is 2. The Labute approximate surface area is 177 Å². The first kappa shape index (κ1) is 20.3. The average molecular weight is 405 g/mol. The van der Waals surface area contributed by atoms with E-state index in [2.05, 4.69) is 50.5 Å². The standard InChI is InChI=1S/C24H28N4O2/c1-29-23-7-2-5-20(15-23)17-28-14-3-6-21(18-28)27-16-19-8-10-22(11-9-19)30-24-25-12-4-13-26-24/h2,4-5,7-13,15,21,27H,3,6,14,16-18H2,1H3. The number of hydrogen-bond acceptors (Lipinski definition) is 6. The van der Waals surface area contributed by atoms with Gasteiger partial charge in [-0.15, -0.1) is 0 Å². The zero-order valence-electron chi connectivity index (χ0n) is 17.3. The van der Waals surface area contributed by atoms with Crippen LogP contribution >= 0.6 is 0 Å². The minimum atomic E-state index is 0.363. The molecule has 1 unspecified atom stereocenters. The molecule has 1 saturated heterocycles. The van der Waals surface area contributed by atoms with Crippen molar-refractivity contribution < 1.29 is 9.47 Å². The van der Waals surface area contributed by atoms with Crippen LogP contribution in [-0.2, 0) is 13.1 Å². The third kappa shape index (κ3) is 5.78. The number of hydrogen-bond donors (Lipinski definition) is 1. The molecule has 4 rings (SSSR count). The van der Waals surface area contributed by atoms with E-state index in [0.717, 1.165) is 37.7 Å². The molecule has 30 heavy (non-hydrogen) atoms. The van der Waals surface area contributed by atoms with Crippen molar-refractivity contribution in [1.29, 1.82) is 0 Å². The Balaban J connectivity index is 1.26. The third-order valence-electron chi connectivity index (χ3n) is 5.32. The lowest BCUT2D eigenvalue weighted by Crippen LogP contribution is -2.45. The highest BCUT2D eigenvalue weighted by Gasteiger charge is 2.19. The number of benzene rings is 2. The molecule has 1 N–H and O–H groups in total. The molecule has 1 fully saturated rings. The van der Waals surface area contributed by atoms with Crippen molar-refractivity contribution in [2.24, 2.45) is 0 Å². The van der Waals surface area contributed by atoms with Crippen molar-refractivity contribution in [3.05, 3.63) is 78.1 Å². The summed E-state index contributed by atoms with van der Waals surface area (Å²) in [7, 11) is 1.72. The second-order valence-corrected chi connectivity index (χ2v) is 7.58. The predicted octanol–water partition coefficient (Wildman–Crippen LogP) is 4.03. The van der Waals surface area contributed by atoms with Gasteiger partial charge < -0.3 is 14.8 Å². The zero-order valence-corrected chi connectivity index (χ0v) is 17.3. The maximum Gasteiger partial charge on any atom is 0.321 e. The minimum Gasteiger partial charge on any atom is -0.497 e. The van der Waals surface area contributed by atoms with Crippen LogP contribution in [0, 0.1) is 0 Å². The van der Waals surface area contributed by atoms with Gasteiger partial charge in [-0.2, -0.15) is 0 Å². The van der Waals surface area contributed by atoms with Crippen molar-refractivity contribution in [2.45, 2.75) is 32.0 Å². The fourth-order valence-electron chi connectivity index (χ4n) is 3.78. The monoisotopic (exact) mass is 404 g/mol. The third-order valence-corrected chi connectivity index (χ3v) is 5.32. The van der Waals surface area contributed by atoms with Crippen LogP contribution in [0.3, 0.4) is 0 Å². The first-order valence-corrected chi connectivity index (χ1v) is 10.4. The van der Waals surface area contributed by atoms with Crippen LogP contribution in [0.1, 0.15) is 24.0 Å². The lowest BCUT2D eigenvalue weighted by Gasteiger charge is -2.33. The van der Waals surface area contributed by atoms with Crippen molar-refractivity contribution in [3.8, 4) is 17.5 Å². The van der Waals surface area contributed by atoms with Crippen molar-refractivity contribution in [1.82, 2.24) is 20.2 Å². The molecule has 0 saturated carbocycles. The van der Waals surface area contributed by atoms with E-state index in [4.69, 9.17) is 9.47 Å². The Bertz CT molecular complexity index is 918. The summed E-state index contributed by atoms with van der Waals surface area (Å²) < 4.78 is 11.0. The van der Waals surface area contributed by atoms with E-state index in [0.29, 0.717) is 12.1 Å². The molecule has 3 aromatic rings. The summed E-state index contributed by atoms with van der Waals surface area (Å²) in [6.45, 7) is 4.01. The van der Waals surface area contributed by atoms with E-state index in [-0.39, 0.29) is 0 Å². The van der Waals surface area contributed by atoms with E-state index in [9.17, 15) is 0 Å².